The molecule has 2 aromatic heterocycles. The number of nitrogen functional groups attached to an aromatic ring is 1. The van der Waals surface area contributed by atoms with Gasteiger partial charge in [-0.2, -0.15) is 0 Å². The van der Waals surface area contributed by atoms with E-state index in [0.29, 0.717) is 23.4 Å². The molecule has 1 saturated carbocycles. The number of hydrogen-bond donors (Lipinski definition) is 4. The highest BCUT2D eigenvalue weighted by Gasteiger charge is 2.41. The first kappa shape index (κ1) is 12.3. The van der Waals surface area contributed by atoms with Crippen molar-refractivity contribution < 1.29 is 10.2 Å². The van der Waals surface area contributed by atoms with Gasteiger partial charge in [-0.3, -0.25) is 0 Å². The first-order chi connectivity index (χ1) is 9.13. The molecule has 2 aromatic rings. The van der Waals surface area contributed by atoms with Gasteiger partial charge >= 0.3 is 0 Å². The maximum atomic E-state index is 10.2. The molecule has 0 radical (unpaired) electrons. The molecule has 0 saturated heterocycles. The first-order valence-electron chi connectivity index (χ1n) is 6.11. The van der Waals surface area contributed by atoms with E-state index in [0.717, 1.165) is 0 Å². The third kappa shape index (κ3) is 1.76. The number of anilines is 1. The maximum absolute atomic E-state index is 10.2. The molecule has 8 heteroatoms. The second-order valence-corrected chi connectivity index (χ2v) is 4.90. The first-order valence-corrected chi connectivity index (χ1v) is 6.11. The summed E-state index contributed by atoms with van der Waals surface area (Å²) >= 11 is 0. The second kappa shape index (κ2) is 4.41. The van der Waals surface area contributed by atoms with Crippen molar-refractivity contribution in [2.45, 2.75) is 24.6 Å². The molecule has 1 aliphatic rings. The predicted molar refractivity (Wildman–Crippen MR) is 67.9 cm³/mol. The lowest BCUT2D eigenvalue weighted by molar-refractivity contribution is 0.113. The van der Waals surface area contributed by atoms with E-state index in [2.05, 4.69) is 15.0 Å². The summed E-state index contributed by atoms with van der Waals surface area (Å²) in [4.78, 5) is 12.2. The molecule has 102 valence electrons. The average molecular weight is 264 g/mol. The van der Waals surface area contributed by atoms with E-state index in [9.17, 15) is 10.2 Å². The Balaban J connectivity index is 2.04. The number of aliphatic hydroxyl groups is 2. The lowest BCUT2D eigenvalue weighted by Gasteiger charge is -2.18. The van der Waals surface area contributed by atoms with Crippen LogP contribution in [0, 0.1) is 5.92 Å². The van der Waals surface area contributed by atoms with E-state index in [4.69, 9.17) is 11.5 Å². The van der Waals surface area contributed by atoms with E-state index in [1.165, 1.54) is 6.33 Å². The fourth-order valence-electron chi connectivity index (χ4n) is 2.73. The van der Waals surface area contributed by atoms with E-state index >= 15 is 0 Å². The van der Waals surface area contributed by atoms with Gasteiger partial charge < -0.3 is 26.2 Å². The average Bonchev–Trinajstić information content (AvgIpc) is 2.94. The summed E-state index contributed by atoms with van der Waals surface area (Å²) in [6.07, 6.45) is 2.77. The van der Waals surface area contributed by atoms with E-state index < -0.39 is 12.1 Å². The summed E-state index contributed by atoms with van der Waals surface area (Å²) in [6.45, 7) is -0.0432. The summed E-state index contributed by atoms with van der Waals surface area (Å²) in [6, 6.07) is -0.710. The Morgan fingerprint density at radius 3 is 2.84 bits per heavy atom. The van der Waals surface area contributed by atoms with Crippen LogP contribution in [0.5, 0.6) is 0 Å². The largest absolute Gasteiger partial charge is 0.396 e. The molecule has 4 atom stereocenters. The second-order valence-electron chi connectivity index (χ2n) is 4.90. The topological polar surface area (TPSA) is 136 Å². The number of hydrogen-bond acceptors (Lipinski definition) is 7. The fourth-order valence-corrected chi connectivity index (χ4v) is 2.73. The Bertz CT molecular complexity index is 600. The maximum Gasteiger partial charge on any atom is 0.165 e. The zero-order valence-electron chi connectivity index (χ0n) is 10.2. The molecule has 0 amide bonds. The quantitative estimate of drug-likeness (QED) is 0.526. The van der Waals surface area contributed by atoms with Crippen molar-refractivity contribution in [3.8, 4) is 0 Å². The van der Waals surface area contributed by atoms with Crippen LogP contribution in [-0.4, -0.2) is 48.5 Å². The van der Waals surface area contributed by atoms with Crippen LogP contribution in [0.1, 0.15) is 12.5 Å². The molecule has 1 fully saturated rings. The number of aromatic nitrogens is 4. The summed E-state index contributed by atoms with van der Waals surface area (Å²) in [5, 5.41) is 19.5. The highest BCUT2D eigenvalue weighted by Crippen LogP contribution is 2.35. The van der Waals surface area contributed by atoms with Crippen LogP contribution in [0.25, 0.3) is 11.2 Å². The van der Waals surface area contributed by atoms with Gasteiger partial charge in [0.2, 0.25) is 0 Å². The van der Waals surface area contributed by atoms with Gasteiger partial charge in [-0.05, 0) is 6.42 Å². The molecular formula is C11H16N6O2. The molecule has 8 nitrogen and oxygen atoms in total. The van der Waals surface area contributed by atoms with Crippen molar-refractivity contribution in [3.63, 3.8) is 0 Å². The number of rotatable bonds is 2. The monoisotopic (exact) mass is 264 g/mol. The van der Waals surface area contributed by atoms with Crippen LogP contribution in [-0.2, 0) is 0 Å². The third-order valence-corrected chi connectivity index (χ3v) is 3.86. The van der Waals surface area contributed by atoms with Gasteiger partial charge in [-0.15, -0.1) is 0 Å². The normalized spacial score (nSPS) is 31.1. The van der Waals surface area contributed by atoms with Crippen molar-refractivity contribution in [1.29, 1.82) is 0 Å². The summed E-state index contributed by atoms with van der Waals surface area (Å²) in [5.41, 5.74) is 12.7. The molecule has 0 unspecified atom stereocenters. The molecule has 2 heterocycles. The van der Waals surface area contributed by atoms with Gasteiger partial charge in [-0.25, -0.2) is 15.0 Å². The Morgan fingerprint density at radius 2 is 2.16 bits per heavy atom. The summed E-state index contributed by atoms with van der Waals surface area (Å²) in [7, 11) is 0. The molecule has 0 spiro atoms. The molecule has 0 aliphatic heterocycles. The Hall–Kier alpha value is -1.77. The van der Waals surface area contributed by atoms with Crippen molar-refractivity contribution in [2.24, 2.45) is 11.7 Å². The lowest BCUT2D eigenvalue weighted by atomic mass is 10.1. The Morgan fingerprint density at radius 1 is 1.37 bits per heavy atom. The number of fused-ring (bicyclic) bond motifs is 1. The van der Waals surface area contributed by atoms with E-state index in [1.54, 1.807) is 10.9 Å². The fraction of sp³-hybridized carbons (Fsp3) is 0.545. The molecule has 0 aromatic carbocycles. The SMILES string of the molecule is Nc1ncnc2c1ncn2[C@@H]1C[C@H](CO)[C@@H](N)[C@H]1O. The van der Waals surface area contributed by atoms with Crippen LogP contribution < -0.4 is 11.5 Å². The van der Waals surface area contributed by atoms with E-state index in [1.807, 2.05) is 0 Å². The number of imidazole rings is 1. The lowest BCUT2D eigenvalue weighted by Crippen LogP contribution is -2.38. The minimum Gasteiger partial charge on any atom is -0.396 e. The van der Waals surface area contributed by atoms with Crippen LogP contribution >= 0.6 is 0 Å². The number of nitrogens with two attached hydrogens (primary N) is 2. The van der Waals surface area contributed by atoms with Crippen molar-refractivity contribution in [2.75, 3.05) is 12.3 Å². The van der Waals surface area contributed by atoms with Crippen LogP contribution in [0.4, 0.5) is 5.82 Å². The van der Waals surface area contributed by atoms with Gasteiger partial charge in [-0.1, -0.05) is 0 Å². The van der Waals surface area contributed by atoms with Crippen molar-refractivity contribution >= 4 is 17.0 Å². The van der Waals surface area contributed by atoms with Gasteiger partial charge in [0, 0.05) is 18.6 Å². The van der Waals surface area contributed by atoms with Gasteiger partial charge in [0.1, 0.15) is 11.8 Å². The highest BCUT2D eigenvalue weighted by atomic mass is 16.3. The zero-order chi connectivity index (χ0) is 13.6. The molecule has 19 heavy (non-hydrogen) atoms. The zero-order valence-corrected chi connectivity index (χ0v) is 10.2. The summed E-state index contributed by atoms with van der Waals surface area (Å²) < 4.78 is 1.76. The highest BCUT2D eigenvalue weighted by molar-refractivity contribution is 5.81. The molecule has 6 N–H and O–H groups in total. The molecule has 0 bridgehead atoms. The van der Waals surface area contributed by atoms with Crippen molar-refractivity contribution in [1.82, 2.24) is 19.5 Å². The van der Waals surface area contributed by atoms with E-state index in [-0.39, 0.29) is 18.6 Å². The summed E-state index contributed by atoms with van der Waals surface area (Å²) in [5.74, 6) is 0.177. The van der Waals surface area contributed by atoms with Gasteiger partial charge in [0.25, 0.3) is 0 Å². The van der Waals surface area contributed by atoms with Crippen molar-refractivity contribution in [3.05, 3.63) is 12.7 Å². The minimum absolute atomic E-state index is 0.0432. The van der Waals surface area contributed by atoms with Crippen LogP contribution in [0.2, 0.25) is 0 Å². The third-order valence-electron chi connectivity index (χ3n) is 3.86. The Kier molecular flexibility index (Phi) is 2.85. The van der Waals surface area contributed by atoms with Gasteiger partial charge in [0.05, 0.1) is 18.5 Å². The number of aliphatic hydroxyl groups excluding tert-OH is 2. The minimum atomic E-state index is -0.745. The van der Waals surface area contributed by atoms with Crippen LogP contribution in [0.15, 0.2) is 12.7 Å². The number of nitrogens with zero attached hydrogens (tertiary/aromatic N) is 4. The predicted octanol–water partition coefficient (Wildman–Crippen LogP) is -1.35. The standard InChI is InChI=1S/C11H16N6O2/c12-7-5(2-18)1-6(9(7)19)17-4-16-8-10(13)14-3-15-11(8)17/h3-7,9,18-19H,1-2,12H2,(H2,13,14,15)/t5-,6-,7-,9+/m1/s1. The van der Waals surface area contributed by atoms with Gasteiger partial charge in [0.15, 0.2) is 11.5 Å². The molecule has 1 aliphatic carbocycles. The molecular weight excluding hydrogens is 248 g/mol. The van der Waals surface area contributed by atoms with Crippen LogP contribution in [0.3, 0.4) is 0 Å². The molecule has 3 rings (SSSR count). The smallest absolute Gasteiger partial charge is 0.165 e. The Labute approximate surface area is 109 Å².